The van der Waals surface area contributed by atoms with E-state index >= 15 is 0 Å². The van der Waals surface area contributed by atoms with Crippen molar-refractivity contribution < 1.29 is 19.7 Å². The second-order valence-corrected chi connectivity index (χ2v) is 11.3. The van der Waals surface area contributed by atoms with Crippen LogP contribution in [-0.2, 0) is 0 Å². The van der Waals surface area contributed by atoms with Gasteiger partial charge >= 0.3 is 6.03 Å². The highest BCUT2D eigenvalue weighted by Gasteiger charge is 2.52. The van der Waals surface area contributed by atoms with Crippen molar-refractivity contribution in [1.29, 1.82) is 0 Å². The molecule has 8 heteroatoms. The Morgan fingerprint density at radius 1 is 0.884 bits per heavy atom. The molecule has 5 atom stereocenters. The number of likely N-dealkylation sites (N-methyl/N-ethyl adjacent to an activating group) is 1. The lowest BCUT2D eigenvalue weighted by atomic mass is 9.73. The predicted molar refractivity (Wildman–Crippen MR) is 169 cm³/mol. The number of hydrogen-bond donors (Lipinski definition) is 3. The number of hydrogen-bond acceptors (Lipinski definition) is 6. The summed E-state index contributed by atoms with van der Waals surface area (Å²) in [6.45, 7) is 7.85. The van der Waals surface area contributed by atoms with E-state index in [0.29, 0.717) is 24.5 Å². The standard InChI is InChI=1S/C35H42N4O4/c1-4-37(5-2)21-30-34(27-15-13-26(14-16-27)12-11-25-9-7-6-8-10-25)31-22-38(23-32(40)33(41)24-39(30)31)35(42)36-28-17-19-29(43-3)20-18-28/h6-10,13-20,30-34,40-41H,4-5,21-24H2,1-3H3,(H,36,42)/t30-,31+,32-,33+,34+/m1/s1. The van der Waals surface area contributed by atoms with E-state index in [1.807, 2.05) is 30.3 Å². The van der Waals surface area contributed by atoms with Gasteiger partial charge in [0.25, 0.3) is 0 Å². The number of urea groups is 1. The molecule has 0 aliphatic carbocycles. The Morgan fingerprint density at radius 3 is 2.14 bits per heavy atom. The maximum atomic E-state index is 13.5. The zero-order valence-electron chi connectivity index (χ0n) is 25.2. The van der Waals surface area contributed by atoms with E-state index in [4.69, 9.17) is 4.74 Å². The fraction of sp³-hybridized carbons (Fsp3) is 0.400. The molecule has 3 N–H and O–H groups in total. The normalized spacial score (nSPS) is 23.7. The second kappa shape index (κ2) is 14.1. The molecule has 0 aromatic heterocycles. The van der Waals surface area contributed by atoms with Crippen molar-refractivity contribution in [3.05, 3.63) is 95.6 Å². The molecule has 0 unspecified atom stereocenters. The van der Waals surface area contributed by atoms with Gasteiger partial charge in [0.15, 0.2) is 0 Å². The Balaban J connectivity index is 1.40. The number of nitrogens with one attached hydrogen (secondary N) is 1. The third-order valence-corrected chi connectivity index (χ3v) is 8.73. The van der Waals surface area contributed by atoms with Gasteiger partial charge in [-0.15, -0.1) is 0 Å². The Labute approximate surface area is 254 Å². The van der Waals surface area contributed by atoms with Crippen molar-refractivity contribution in [3.8, 4) is 17.6 Å². The molecule has 8 nitrogen and oxygen atoms in total. The van der Waals surface area contributed by atoms with Crippen LogP contribution in [0.5, 0.6) is 5.75 Å². The number of rotatable bonds is 7. The number of anilines is 1. The van der Waals surface area contributed by atoms with Gasteiger partial charge < -0.3 is 30.1 Å². The molecule has 0 bridgehead atoms. The third-order valence-electron chi connectivity index (χ3n) is 8.73. The molecule has 0 radical (unpaired) electrons. The predicted octanol–water partition coefficient (Wildman–Crippen LogP) is 3.84. The molecule has 2 saturated heterocycles. The molecule has 0 spiro atoms. The van der Waals surface area contributed by atoms with Crippen LogP contribution in [0.3, 0.4) is 0 Å². The zero-order valence-corrected chi connectivity index (χ0v) is 25.2. The minimum absolute atomic E-state index is 0.00872. The monoisotopic (exact) mass is 582 g/mol. The Bertz CT molecular complexity index is 1400. The number of benzene rings is 3. The van der Waals surface area contributed by atoms with Crippen LogP contribution in [0.4, 0.5) is 10.5 Å². The fourth-order valence-electron chi connectivity index (χ4n) is 6.19. The third kappa shape index (κ3) is 7.20. The van der Waals surface area contributed by atoms with Crippen molar-refractivity contribution in [3.63, 3.8) is 0 Å². The Hall–Kier alpha value is -3.87. The number of nitrogens with zero attached hydrogens (tertiary/aromatic N) is 3. The smallest absolute Gasteiger partial charge is 0.321 e. The molecule has 0 saturated carbocycles. The molecule has 5 rings (SSSR count). The van der Waals surface area contributed by atoms with E-state index < -0.39 is 12.2 Å². The summed E-state index contributed by atoms with van der Waals surface area (Å²) in [6.07, 6.45) is -2.01. The number of β-amino-alcohol motifs (C(OH)–C–C–N with tert-alkyl or cyclic N) is 1. The summed E-state index contributed by atoms with van der Waals surface area (Å²) in [5.74, 6) is 7.34. The summed E-state index contributed by atoms with van der Waals surface area (Å²) in [5.41, 5.74) is 3.75. The molecule has 2 fully saturated rings. The number of carbonyl (C=O) groups is 1. The lowest BCUT2D eigenvalue weighted by Crippen LogP contribution is -2.72. The quantitative estimate of drug-likeness (QED) is 0.367. The van der Waals surface area contributed by atoms with Crippen molar-refractivity contribution in [2.75, 3.05) is 51.7 Å². The number of aliphatic hydroxyl groups is 2. The maximum Gasteiger partial charge on any atom is 0.321 e. The molecule has 3 aromatic rings. The Morgan fingerprint density at radius 2 is 1.51 bits per heavy atom. The molecular weight excluding hydrogens is 540 g/mol. The van der Waals surface area contributed by atoms with E-state index in [1.165, 1.54) is 5.56 Å². The second-order valence-electron chi connectivity index (χ2n) is 11.3. The number of fused-ring (bicyclic) bond motifs is 1. The van der Waals surface area contributed by atoms with Gasteiger partial charge in [0, 0.05) is 54.5 Å². The molecule has 2 aliphatic heterocycles. The molecule has 226 valence electrons. The minimum Gasteiger partial charge on any atom is -0.497 e. The number of carbonyl (C=O) groups excluding carboxylic acids is 1. The maximum absolute atomic E-state index is 13.5. The van der Waals surface area contributed by atoms with Crippen LogP contribution in [0.2, 0.25) is 0 Å². The number of amides is 2. The van der Waals surface area contributed by atoms with Crippen LogP contribution in [0.1, 0.15) is 36.5 Å². The fourth-order valence-corrected chi connectivity index (χ4v) is 6.19. The van der Waals surface area contributed by atoms with Crippen LogP contribution < -0.4 is 10.1 Å². The van der Waals surface area contributed by atoms with Crippen LogP contribution in [0.15, 0.2) is 78.9 Å². The van der Waals surface area contributed by atoms with E-state index in [1.54, 1.807) is 36.3 Å². The summed E-state index contributed by atoms with van der Waals surface area (Å²) < 4.78 is 5.23. The molecule has 2 heterocycles. The Kier molecular flexibility index (Phi) is 10.0. The van der Waals surface area contributed by atoms with Gasteiger partial charge in [0.05, 0.1) is 25.9 Å². The number of aliphatic hydroxyl groups excluding tert-OH is 2. The van der Waals surface area contributed by atoms with Crippen LogP contribution >= 0.6 is 0 Å². The summed E-state index contributed by atoms with van der Waals surface area (Å²) in [5, 5.41) is 24.8. The minimum atomic E-state index is -1.04. The molecule has 2 aliphatic rings. The molecular formula is C35H42N4O4. The van der Waals surface area contributed by atoms with Gasteiger partial charge in [-0.05, 0) is 67.2 Å². The van der Waals surface area contributed by atoms with Crippen molar-refractivity contribution in [2.45, 2.75) is 44.1 Å². The van der Waals surface area contributed by atoms with Gasteiger partial charge in [-0.1, -0.05) is 56.0 Å². The van der Waals surface area contributed by atoms with Gasteiger partial charge in [-0.3, -0.25) is 4.90 Å². The van der Waals surface area contributed by atoms with Gasteiger partial charge in [0.1, 0.15) is 5.75 Å². The molecule has 3 aromatic carbocycles. The summed E-state index contributed by atoms with van der Waals surface area (Å²) >= 11 is 0. The van der Waals surface area contributed by atoms with Crippen molar-refractivity contribution >= 4 is 11.7 Å². The SMILES string of the molecule is CCN(CC)C[C@@H]1[C@H](c2ccc(C#Cc3ccccc3)cc2)[C@@H]2CN(C(=O)Nc3ccc(OC)cc3)C[C@@H](O)[C@@H](O)CN12. The molecule has 2 amide bonds. The van der Waals surface area contributed by atoms with Crippen molar-refractivity contribution in [2.24, 2.45) is 0 Å². The average molecular weight is 583 g/mol. The zero-order chi connectivity index (χ0) is 30.3. The van der Waals surface area contributed by atoms with Crippen LogP contribution in [0, 0.1) is 11.8 Å². The first-order valence-corrected chi connectivity index (χ1v) is 15.1. The highest BCUT2D eigenvalue weighted by Crippen LogP contribution is 2.42. The largest absolute Gasteiger partial charge is 0.497 e. The topological polar surface area (TPSA) is 88.5 Å². The first-order valence-electron chi connectivity index (χ1n) is 15.1. The van der Waals surface area contributed by atoms with Gasteiger partial charge in [-0.2, -0.15) is 0 Å². The van der Waals surface area contributed by atoms with E-state index in [2.05, 4.69) is 65.1 Å². The van der Waals surface area contributed by atoms with Crippen LogP contribution in [-0.4, -0.2) is 102 Å². The lowest BCUT2D eigenvalue weighted by molar-refractivity contribution is -0.107. The van der Waals surface area contributed by atoms with Crippen molar-refractivity contribution in [1.82, 2.24) is 14.7 Å². The first-order chi connectivity index (χ1) is 20.9. The van der Waals surface area contributed by atoms with Gasteiger partial charge in [-0.25, -0.2) is 4.79 Å². The first kappa shape index (κ1) is 30.6. The highest BCUT2D eigenvalue weighted by molar-refractivity contribution is 5.89. The van der Waals surface area contributed by atoms with E-state index in [-0.39, 0.29) is 30.6 Å². The highest BCUT2D eigenvalue weighted by atomic mass is 16.5. The van der Waals surface area contributed by atoms with E-state index in [9.17, 15) is 15.0 Å². The van der Waals surface area contributed by atoms with Gasteiger partial charge in [0.2, 0.25) is 0 Å². The van der Waals surface area contributed by atoms with E-state index in [0.717, 1.165) is 30.8 Å². The summed E-state index contributed by atoms with van der Waals surface area (Å²) in [6, 6.07) is 25.3. The molecule has 43 heavy (non-hydrogen) atoms. The summed E-state index contributed by atoms with van der Waals surface area (Å²) in [4.78, 5) is 19.8. The number of methoxy groups -OCH3 is 1. The lowest BCUT2D eigenvalue weighted by Gasteiger charge is -2.59. The van der Waals surface area contributed by atoms with Crippen LogP contribution in [0.25, 0.3) is 0 Å². The summed E-state index contributed by atoms with van der Waals surface area (Å²) in [7, 11) is 1.60. The number of ether oxygens (including phenoxy) is 1. The average Bonchev–Trinajstić information content (AvgIpc) is 3.03.